The number of rotatable bonds is 3. The Labute approximate surface area is 84.5 Å². The third-order valence-corrected chi connectivity index (χ3v) is 3.25. The van der Waals surface area contributed by atoms with Crippen molar-refractivity contribution < 1.29 is 0 Å². The van der Waals surface area contributed by atoms with E-state index in [-0.39, 0.29) is 0 Å². The van der Waals surface area contributed by atoms with E-state index in [0.717, 1.165) is 12.5 Å². The van der Waals surface area contributed by atoms with E-state index in [1.54, 1.807) is 0 Å². The third-order valence-electron chi connectivity index (χ3n) is 1.77. The van der Waals surface area contributed by atoms with Gasteiger partial charge >= 0.3 is 0 Å². The molecule has 1 aromatic rings. The quantitative estimate of drug-likeness (QED) is 0.539. The van der Waals surface area contributed by atoms with E-state index in [9.17, 15) is 0 Å². The molecule has 12 heavy (non-hydrogen) atoms. The molecule has 0 saturated heterocycles. The van der Waals surface area contributed by atoms with Gasteiger partial charge in [0.1, 0.15) is 0 Å². The van der Waals surface area contributed by atoms with Crippen molar-refractivity contribution in [1.29, 1.82) is 0 Å². The average Bonchev–Trinajstić information content (AvgIpc) is 2.05. The molecule has 1 aromatic carbocycles. The summed E-state index contributed by atoms with van der Waals surface area (Å²) in [7, 11) is -1.16. The number of hydrogen-bond acceptors (Lipinski definition) is 0. The van der Waals surface area contributed by atoms with Gasteiger partial charge < -0.3 is 0 Å². The Morgan fingerprint density at radius 2 is 1.58 bits per heavy atom. The molecule has 1 rings (SSSR count). The lowest BCUT2D eigenvalue weighted by Crippen LogP contribution is -1.99. The van der Waals surface area contributed by atoms with E-state index in [1.807, 2.05) is 0 Å². The van der Waals surface area contributed by atoms with Crippen molar-refractivity contribution in [2.75, 3.05) is 0 Å². The molecule has 0 amide bonds. The van der Waals surface area contributed by atoms with Crippen molar-refractivity contribution in [3.63, 3.8) is 0 Å². The normalized spacial score (nSPS) is 10.7. The van der Waals surface area contributed by atoms with Crippen LogP contribution in [0.5, 0.6) is 0 Å². The molecule has 0 aliphatic carbocycles. The van der Waals surface area contributed by atoms with Crippen molar-refractivity contribution >= 4 is 29.6 Å². The van der Waals surface area contributed by atoms with Crippen LogP contribution < -0.4 is 0 Å². The van der Waals surface area contributed by atoms with Crippen LogP contribution in [0.2, 0.25) is 0 Å². The Kier molecular flexibility index (Phi) is 4.13. The minimum Gasteiger partial charge on any atom is -0.146 e. The van der Waals surface area contributed by atoms with Crippen LogP contribution >= 0.6 is 22.2 Å². The standard InChI is InChI=1S/C9H11Cl2Si/c1-2-8-3-5-9(6-4-8)7-12(10)11/h3-6H,2,7H2,1H3. The van der Waals surface area contributed by atoms with E-state index in [4.69, 9.17) is 22.2 Å². The van der Waals surface area contributed by atoms with Gasteiger partial charge in [0.25, 0.3) is 7.42 Å². The lowest BCUT2D eigenvalue weighted by molar-refractivity contribution is 1.13. The maximum atomic E-state index is 5.75. The van der Waals surface area contributed by atoms with E-state index in [0.29, 0.717) is 0 Å². The summed E-state index contributed by atoms with van der Waals surface area (Å²) in [5.41, 5.74) is 2.60. The fourth-order valence-electron chi connectivity index (χ4n) is 1.05. The lowest BCUT2D eigenvalue weighted by Gasteiger charge is -2.00. The second-order valence-electron chi connectivity index (χ2n) is 2.69. The number of hydrogen-bond donors (Lipinski definition) is 0. The van der Waals surface area contributed by atoms with Gasteiger partial charge in [-0.15, -0.1) is 22.2 Å². The summed E-state index contributed by atoms with van der Waals surface area (Å²) < 4.78 is 0. The van der Waals surface area contributed by atoms with Gasteiger partial charge in [-0.1, -0.05) is 31.2 Å². The highest BCUT2D eigenvalue weighted by Crippen LogP contribution is 2.10. The van der Waals surface area contributed by atoms with Crippen molar-refractivity contribution in [3.05, 3.63) is 35.4 Å². The molecule has 0 N–H and O–H groups in total. The summed E-state index contributed by atoms with van der Waals surface area (Å²) in [4.78, 5) is 0. The predicted octanol–water partition coefficient (Wildman–Crippen LogP) is 3.30. The largest absolute Gasteiger partial charge is 0.278 e. The first-order valence-electron chi connectivity index (χ1n) is 3.97. The van der Waals surface area contributed by atoms with E-state index in [1.165, 1.54) is 11.1 Å². The zero-order chi connectivity index (χ0) is 8.97. The highest BCUT2D eigenvalue weighted by molar-refractivity contribution is 7.33. The molecule has 0 saturated carbocycles. The molecule has 3 heteroatoms. The van der Waals surface area contributed by atoms with E-state index in [2.05, 4.69) is 31.2 Å². The van der Waals surface area contributed by atoms with Crippen LogP contribution in [0.3, 0.4) is 0 Å². The topological polar surface area (TPSA) is 0 Å². The second kappa shape index (κ2) is 4.90. The molecular weight excluding hydrogens is 207 g/mol. The van der Waals surface area contributed by atoms with Gasteiger partial charge in [0.2, 0.25) is 0 Å². The Hall–Kier alpha value is 0.0169. The maximum absolute atomic E-state index is 5.75. The first-order chi connectivity index (χ1) is 5.72. The number of aryl methyl sites for hydroxylation is 1. The summed E-state index contributed by atoms with van der Waals surface area (Å²) in [6, 6.07) is 9.31. The highest BCUT2D eigenvalue weighted by atomic mass is 35.7. The van der Waals surface area contributed by atoms with Crippen LogP contribution in [0.1, 0.15) is 18.1 Å². The molecule has 0 fully saturated rings. The first-order valence-corrected chi connectivity index (χ1v) is 7.70. The zero-order valence-corrected chi connectivity index (χ0v) is 9.49. The van der Waals surface area contributed by atoms with Gasteiger partial charge in [0, 0.05) is 0 Å². The molecule has 0 bridgehead atoms. The molecule has 0 nitrogen and oxygen atoms in total. The highest BCUT2D eigenvalue weighted by Gasteiger charge is 2.04. The maximum Gasteiger partial charge on any atom is 0.278 e. The predicted molar refractivity (Wildman–Crippen MR) is 57.0 cm³/mol. The molecule has 0 atom stereocenters. The molecular formula is C9H11Cl2Si. The van der Waals surface area contributed by atoms with Crippen LogP contribution in [-0.2, 0) is 12.5 Å². The fraction of sp³-hybridized carbons (Fsp3) is 0.333. The van der Waals surface area contributed by atoms with Crippen LogP contribution in [0.4, 0.5) is 0 Å². The monoisotopic (exact) mass is 217 g/mol. The van der Waals surface area contributed by atoms with Crippen LogP contribution in [0.25, 0.3) is 0 Å². The molecule has 0 aliphatic rings. The Morgan fingerprint density at radius 3 is 2.00 bits per heavy atom. The molecule has 0 aliphatic heterocycles. The molecule has 0 spiro atoms. The van der Waals surface area contributed by atoms with Crippen molar-refractivity contribution in [2.24, 2.45) is 0 Å². The van der Waals surface area contributed by atoms with Crippen molar-refractivity contribution in [2.45, 2.75) is 19.4 Å². The van der Waals surface area contributed by atoms with Crippen molar-refractivity contribution in [3.8, 4) is 0 Å². The smallest absolute Gasteiger partial charge is 0.146 e. The summed E-state index contributed by atoms with van der Waals surface area (Å²) >= 11 is 11.5. The third kappa shape index (κ3) is 3.17. The lowest BCUT2D eigenvalue weighted by atomic mass is 10.1. The SMILES string of the molecule is CCc1ccc(C[Si](Cl)Cl)cc1. The summed E-state index contributed by atoms with van der Waals surface area (Å²) in [5, 5.41) is 0. The Bertz CT molecular complexity index is 231. The van der Waals surface area contributed by atoms with Gasteiger partial charge in [0.15, 0.2) is 0 Å². The summed E-state index contributed by atoms with van der Waals surface area (Å²) in [5.74, 6) is 0. The average molecular weight is 218 g/mol. The summed E-state index contributed by atoms with van der Waals surface area (Å²) in [6.07, 6.45) is 1.08. The van der Waals surface area contributed by atoms with Gasteiger partial charge in [-0.3, -0.25) is 0 Å². The van der Waals surface area contributed by atoms with E-state index >= 15 is 0 Å². The van der Waals surface area contributed by atoms with Gasteiger partial charge in [-0.25, -0.2) is 0 Å². The Balaban J connectivity index is 2.65. The summed E-state index contributed by atoms with van der Waals surface area (Å²) in [6.45, 7) is 2.15. The molecule has 0 heterocycles. The molecule has 65 valence electrons. The second-order valence-corrected chi connectivity index (χ2v) is 7.03. The number of benzene rings is 1. The number of halogens is 2. The van der Waals surface area contributed by atoms with Crippen molar-refractivity contribution in [1.82, 2.24) is 0 Å². The van der Waals surface area contributed by atoms with Gasteiger partial charge in [-0.2, -0.15) is 0 Å². The van der Waals surface area contributed by atoms with Gasteiger partial charge in [0.05, 0.1) is 0 Å². The minimum absolute atomic E-state index is 0.831. The zero-order valence-electron chi connectivity index (χ0n) is 6.98. The van der Waals surface area contributed by atoms with Crippen LogP contribution in [-0.4, -0.2) is 7.42 Å². The molecule has 1 radical (unpaired) electrons. The van der Waals surface area contributed by atoms with Gasteiger partial charge in [-0.05, 0) is 23.6 Å². The van der Waals surface area contributed by atoms with Crippen LogP contribution in [0, 0.1) is 0 Å². The van der Waals surface area contributed by atoms with Crippen LogP contribution in [0.15, 0.2) is 24.3 Å². The molecule has 0 aromatic heterocycles. The minimum atomic E-state index is -1.16. The fourth-order valence-corrected chi connectivity index (χ4v) is 2.52. The van der Waals surface area contributed by atoms with E-state index < -0.39 is 7.42 Å². The first kappa shape index (κ1) is 10.1. The Morgan fingerprint density at radius 1 is 1.08 bits per heavy atom. The molecule has 0 unspecified atom stereocenters.